The number of benzene rings is 2. The van der Waals surface area contributed by atoms with Crippen molar-refractivity contribution in [2.45, 2.75) is 6.18 Å². The predicted molar refractivity (Wildman–Crippen MR) is 105 cm³/mol. The zero-order valence-electron chi connectivity index (χ0n) is 15.8. The maximum Gasteiger partial charge on any atom is 0.418 e. The first kappa shape index (κ1) is 19.9. The second-order valence-corrected chi connectivity index (χ2v) is 6.86. The van der Waals surface area contributed by atoms with Gasteiger partial charge in [-0.2, -0.15) is 13.2 Å². The summed E-state index contributed by atoms with van der Waals surface area (Å²) < 4.78 is 39.3. The molecule has 0 aliphatic carbocycles. The number of anilines is 3. The Morgan fingerprint density at radius 1 is 0.964 bits per heavy atom. The van der Waals surface area contributed by atoms with Gasteiger partial charge >= 0.3 is 12.2 Å². The van der Waals surface area contributed by atoms with Gasteiger partial charge in [0.1, 0.15) is 0 Å². The van der Waals surface area contributed by atoms with Crippen molar-refractivity contribution in [3.63, 3.8) is 0 Å². The average Bonchev–Trinajstić information content (AvgIpc) is 2.68. The first-order chi connectivity index (χ1) is 13.3. The molecule has 0 bridgehead atoms. The molecule has 1 saturated heterocycles. The average molecular weight is 392 g/mol. The van der Waals surface area contributed by atoms with Crippen molar-refractivity contribution in [1.29, 1.82) is 0 Å². The molecule has 0 saturated carbocycles. The highest BCUT2D eigenvalue weighted by molar-refractivity contribution is 5.90. The molecule has 5 nitrogen and oxygen atoms in total. The number of rotatable bonds is 3. The molecule has 8 heteroatoms. The van der Waals surface area contributed by atoms with Gasteiger partial charge < -0.3 is 20.0 Å². The summed E-state index contributed by atoms with van der Waals surface area (Å²) in [5.74, 6) is 0. The molecular formula is C20H23F3N4O. The van der Waals surface area contributed by atoms with Crippen LogP contribution in [0.25, 0.3) is 0 Å². The van der Waals surface area contributed by atoms with Crippen LogP contribution in [-0.2, 0) is 6.18 Å². The van der Waals surface area contributed by atoms with Crippen molar-refractivity contribution < 1.29 is 18.0 Å². The lowest BCUT2D eigenvalue weighted by molar-refractivity contribution is -0.136. The number of halogens is 3. The molecule has 1 N–H and O–H groups in total. The van der Waals surface area contributed by atoms with E-state index < -0.39 is 17.8 Å². The Balaban J connectivity index is 1.60. The Morgan fingerprint density at radius 2 is 1.57 bits per heavy atom. The zero-order chi connectivity index (χ0) is 20.3. The van der Waals surface area contributed by atoms with Gasteiger partial charge in [-0.05, 0) is 36.4 Å². The Kier molecular flexibility index (Phi) is 5.67. The van der Waals surface area contributed by atoms with Gasteiger partial charge in [-0.1, -0.05) is 12.1 Å². The number of carbonyl (C=O) groups excluding carboxylic acids is 1. The minimum absolute atomic E-state index is 0.221. The highest BCUT2D eigenvalue weighted by Gasteiger charge is 2.34. The number of hydrogen-bond donors (Lipinski definition) is 1. The normalized spacial score (nSPS) is 14.8. The van der Waals surface area contributed by atoms with Crippen molar-refractivity contribution in [2.24, 2.45) is 0 Å². The molecule has 1 aliphatic heterocycles. The van der Waals surface area contributed by atoms with Crippen LogP contribution in [0.3, 0.4) is 0 Å². The van der Waals surface area contributed by atoms with Crippen molar-refractivity contribution in [3.05, 3.63) is 54.1 Å². The molecule has 1 heterocycles. The largest absolute Gasteiger partial charge is 0.418 e. The van der Waals surface area contributed by atoms with E-state index in [1.807, 2.05) is 43.3 Å². The van der Waals surface area contributed by atoms with Crippen LogP contribution in [0.2, 0.25) is 0 Å². The fourth-order valence-corrected chi connectivity index (χ4v) is 3.16. The van der Waals surface area contributed by atoms with Crippen LogP contribution >= 0.6 is 0 Å². The third kappa shape index (κ3) is 4.49. The molecule has 2 aromatic carbocycles. The van der Waals surface area contributed by atoms with Crippen LogP contribution in [0.5, 0.6) is 0 Å². The van der Waals surface area contributed by atoms with Crippen molar-refractivity contribution in [2.75, 3.05) is 55.4 Å². The molecule has 0 aromatic heterocycles. The molecule has 0 unspecified atom stereocenters. The summed E-state index contributed by atoms with van der Waals surface area (Å²) in [6, 6.07) is 12.6. The third-order valence-electron chi connectivity index (χ3n) is 4.77. The van der Waals surface area contributed by atoms with E-state index in [1.165, 1.54) is 23.1 Å². The molecule has 28 heavy (non-hydrogen) atoms. The molecular weight excluding hydrogens is 369 g/mol. The van der Waals surface area contributed by atoms with Crippen LogP contribution in [-0.4, -0.2) is 51.2 Å². The third-order valence-corrected chi connectivity index (χ3v) is 4.77. The lowest BCUT2D eigenvalue weighted by atomic mass is 10.1. The Hall–Kier alpha value is -2.90. The van der Waals surface area contributed by atoms with Crippen molar-refractivity contribution in [1.82, 2.24) is 4.90 Å². The topological polar surface area (TPSA) is 38.8 Å². The van der Waals surface area contributed by atoms with Gasteiger partial charge in [-0.3, -0.25) is 0 Å². The van der Waals surface area contributed by atoms with Crippen molar-refractivity contribution >= 4 is 23.1 Å². The number of amides is 2. The summed E-state index contributed by atoms with van der Waals surface area (Å²) in [4.78, 5) is 18.2. The monoisotopic (exact) mass is 392 g/mol. The van der Waals surface area contributed by atoms with Crippen LogP contribution < -0.4 is 15.1 Å². The minimum atomic E-state index is -4.51. The molecule has 1 fully saturated rings. The molecule has 0 atom stereocenters. The van der Waals surface area contributed by atoms with E-state index in [9.17, 15) is 18.0 Å². The summed E-state index contributed by atoms with van der Waals surface area (Å²) in [6.45, 7) is 2.12. The number of nitrogens with one attached hydrogen (secondary N) is 1. The fourth-order valence-electron chi connectivity index (χ4n) is 3.16. The van der Waals surface area contributed by atoms with Crippen LogP contribution in [0.15, 0.2) is 48.5 Å². The second-order valence-electron chi connectivity index (χ2n) is 6.86. The standard InChI is InChI=1S/C20H23F3N4O/c1-25(2)15-7-9-16(10-8-15)26-11-13-27(14-12-26)19(28)24-18-6-4-3-5-17(18)20(21,22)23/h3-10H,11-14H2,1-2H3,(H,24,28). The van der Waals surface area contributed by atoms with Gasteiger partial charge in [0.15, 0.2) is 0 Å². The number of carbonyl (C=O) groups is 1. The summed E-state index contributed by atoms with van der Waals surface area (Å²) in [6.07, 6.45) is -4.51. The van der Waals surface area contributed by atoms with E-state index in [4.69, 9.17) is 0 Å². The second kappa shape index (κ2) is 8.00. The highest BCUT2D eigenvalue weighted by Crippen LogP contribution is 2.34. The van der Waals surface area contributed by atoms with Gasteiger partial charge in [0.2, 0.25) is 0 Å². The lowest BCUT2D eigenvalue weighted by Gasteiger charge is -2.36. The maximum absolute atomic E-state index is 13.1. The number of alkyl halides is 3. The van der Waals surface area contributed by atoms with Gasteiger partial charge in [-0.25, -0.2) is 4.79 Å². The SMILES string of the molecule is CN(C)c1ccc(N2CCN(C(=O)Nc3ccccc3C(F)(F)F)CC2)cc1. The quantitative estimate of drug-likeness (QED) is 0.854. The van der Waals surface area contributed by atoms with E-state index in [-0.39, 0.29) is 5.69 Å². The zero-order valence-corrected chi connectivity index (χ0v) is 15.8. The van der Waals surface area contributed by atoms with E-state index in [2.05, 4.69) is 10.2 Å². The van der Waals surface area contributed by atoms with Crippen LogP contribution in [0.1, 0.15) is 5.56 Å². The summed E-state index contributed by atoms with van der Waals surface area (Å²) in [5, 5.41) is 2.40. The Bertz CT molecular complexity index is 813. The van der Waals surface area contributed by atoms with Gasteiger partial charge in [0, 0.05) is 51.6 Å². The van der Waals surface area contributed by atoms with E-state index in [0.29, 0.717) is 26.2 Å². The first-order valence-corrected chi connectivity index (χ1v) is 9.00. The number of nitrogens with zero attached hydrogens (tertiary/aromatic N) is 3. The van der Waals surface area contributed by atoms with Crippen LogP contribution in [0, 0.1) is 0 Å². The molecule has 0 spiro atoms. The number of urea groups is 1. The minimum Gasteiger partial charge on any atom is -0.378 e. The predicted octanol–water partition coefficient (Wildman–Crippen LogP) is 4.13. The smallest absolute Gasteiger partial charge is 0.378 e. The number of hydrogen-bond acceptors (Lipinski definition) is 3. The number of piperazine rings is 1. The molecule has 150 valence electrons. The van der Waals surface area contributed by atoms with E-state index >= 15 is 0 Å². The van der Waals surface area contributed by atoms with Gasteiger partial charge in [0.05, 0.1) is 11.3 Å². The van der Waals surface area contributed by atoms with Gasteiger partial charge in [-0.15, -0.1) is 0 Å². The molecule has 2 amide bonds. The first-order valence-electron chi connectivity index (χ1n) is 9.00. The van der Waals surface area contributed by atoms with Crippen LogP contribution in [0.4, 0.5) is 35.0 Å². The van der Waals surface area contributed by atoms with E-state index in [1.54, 1.807) is 0 Å². The van der Waals surface area contributed by atoms with Crippen molar-refractivity contribution in [3.8, 4) is 0 Å². The highest BCUT2D eigenvalue weighted by atomic mass is 19.4. The Labute approximate surface area is 162 Å². The maximum atomic E-state index is 13.1. The summed E-state index contributed by atoms with van der Waals surface area (Å²) >= 11 is 0. The fraction of sp³-hybridized carbons (Fsp3) is 0.350. The van der Waals surface area contributed by atoms with E-state index in [0.717, 1.165) is 17.4 Å². The van der Waals surface area contributed by atoms with Gasteiger partial charge in [0.25, 0.3) is 0 Å². The Morgan fingerprint density at radius 3 is 2.14 bits per heavy atom. The lowest BCUT2D eigenvalue weighted by Crippen LogP contribution is -2.50. The molecule has 3 rings (SSSR count). The summed E-state index contributed by atoms with van der Waals surface area (Å²) in [7, 11) is 3.95. The number of para-hydroxylation sites is 1. The summed E-state index contributed by atoms with van der Waals surface area (Å²) in [5.41, 5.74) is 1.10. The molecule has 2 aromatic rings. The molecule has 0 radical (unpaired) electrons. The molecule has 1 aliphatic rings.